The van der Waals surface area contributed by atoms with Gasteiger partial charge >= 0.3 is 6.09 Å². The number of nitrogens with one attached hydrogen (secondary N) is 1. The lowest BCUT2D eigenvalue weighted by Crippen LogP contribution is -2.36. The van der Waals surface area contributed by atoms with Crippen LogP contribution < -0.4 is 5.32 Å². The van der Waals surface area contributed by atoms with Crippen molar-refractivity contribution in [2.75, 3.05) is 0 Å². The quantitative estimate of drug-likeness (QED) is 0.854. The Morgan fingerprint density at radius 3 is 2.61 bits per heavy atom. The lowest BCUT2D eigenvalue weighted by molar-refractivity contribution is 0.183. The SMILES string of the molecule is O=C(O)N[C@H]1CC[C@@H](c2nc(-c3ccc(Cl)c(Cl)c3)no2)CC1. The van der Waals surface area contributed by atoms with E-state index in [2.05, 4.69) is 15.5 Å². The first-order chi connectivity index (χ1) is 11.0. The van der Waals surface area contributed by atoms with E-state index in [1.807, 2.05) is 0 Å². The fraction of sp³-hybridized carbons (Fsp3) is 0.400. The maximum Gasteiger partial charge on any atom is 0.404 e. The molecule has 1 amide bonds. The lowest BCUT2D eigenvalue weighted by Gasteiger charge is -2.25. The summed E-state index contributed by atoms with van der Waals surface area (Å²) in [7, 11) is 0. The number of carbonyl (C=O) groups is 1. The van der Waals surface area contributed by atoms with Gasteiger partial charge in [-0.25, -0.2) is 4.79 Å². The van der Waals surface area contributed by atoms with Crippen molar-refractivity contribution in [3.63, 3.8) is 0 Å². The molecule has 2 aromatic rings. The molecular weight excluding hydrogens is 341 g/mol. The Morgan fingerprint density at radius 2 is 1.96 bits per heavy atom. The normalized spacial score (nSPS) is 21.1. The third-order valence-electron chi connectivity index (χ3n) is 4.02. The van der Waals surface area contributed by atoms with E-state index in [9.17, 15) is 4.79 Å². The Balaban J connectivity index is 1.68. The topological polar surface area (TPSA) is 88.2 Å². The molecule has 0 spiro atoms. The number of aromatic nitrogens is 2. The summed E-state index contributed by atoms with van der Waals surface area (Å²) in [5, 5.41) is 16.2. The fourth-order valence-corrected chi connectivity index (χ4v) is 3.11. The van der Waals surface area contributed by atoms with Crippen LogP contribution in [-0.4, -0.2) is 27.4 Å². The highest BCUT2D eigenvalue weighted by Crippen LogP contribution is 2.33. The molecule has 1 fully saturated rings. The van der Waals surface area contributed by atoms with E-state index in [0.29, 0.717) is 21.8 Å². The predicted octanol–water partition coefficient (Wildman–Crippen LogP) is 4.34. The van der Waals surface area contributed by atoms with E-state index in [-0.39, 0.29) is 12.0 Å². The molecule has 1 aliphatic carbocycles. The molecule has 0 unspecified atom stereocenters. The Hall–Kier alpha value is -1.79. The van der Waals surface area contributed by atoms with Gasteiger partial charge in [0.25, 0.3) is 0 Å². The van der Waals surface area contributed by atoms with Crippen LogP contribution in [0.2, 0.25) is 10.0 Å². The highest BCUT2D eigenvalue weighted by Gasteiger charge is 2.27. The summed E-state index contributed by atoms with van der Waals surface area (Å²) in [6.45, 7) is 0. The molecule has 3 rings (SSSR count). The van der Waals surface area contributed by atoms with Crippen LogP contribution in [0.3, 0.4) is 0 Å². The number of nitrogens with zero attached hydrogens (tertiary/aromatic N) is 2. The molecule has 8 heteroatoms. The van der Waals surface area contributed by atoms with E-state index in [4.69, 9.17) is 32.8 Å². The first-order valence-electron chi connectivity index (χ1n) is 7.31. The Labute approximate surface area is 142 Å². The number of amides is 1. The van der Waals surface area contributed by atoms with Gasteiger partial charge in [0, 0.05) is 17.5 Å². The summed E-state index contributed by atoms with van der Waals surface area (Å²) in [6, 6.07) is 5.18. The van der Waals surface area contributed by atoms with E-state index in [0.717, 1.165) is 31.2 Å². The highest BCUT2D eigenvalue weighted by molar-refractivity contribution is 6.42. The van der Waals surface area contributed by atoms with Crippen molar-refractivity contribution in [3.8, 4) is 11.4 Å². The number of hydrogen-bond acceptors (Lipinski definition) is 4. The van der Waals surface area contributed by atoms with E-state index in [1.165, 1.54) is 0 Å². The molecule has 0 atom stereocenters. The summed E-state index contributed by atoms with van der Waals surface area (Å²) in [5.74, 6) is 1.22. The van der Waals surface area contributed by atoms with Crippen molar-refractivity contribution in [2.45, 2.75) is 37.6 Å². The number of carboxylic acid groups (broad SMARTS) is 1. The molecule has 0 bridgehead atoms. The van der Waals surface area contributed by atoms with Crippen LogP contribution in [0.1, 0.15) is 37.5 Å². The molecule has 23 heavy (non-hydrogen) atoms. The summed E-state index contributed by atoms with van der Waals surface area (Å²) in [5.41, 5.74) is 0.746. The standard InChI is InChI=1S/C15H15Cl2N3O3/c16-11-6-3-9(7-12(11)17)13-19-14(23-20-13)8-1-4-10(5-2-8)18-15(21)22/h3,6-8,10,18H,1-2,4-5H2,(H,21,22)/t8-,10+. The van der Waals surface area contributed by atoms with Crippen molar-refractivity contribution >= 4 is 29.3 Å². The van der Waals surface area contributed by atoms with Gasteiger partial charge in [0.2, 0.25) is 11.7 Å². The molecule has 1 aromatic carbocycles. The average Bonchev–Trinajstić information content (AvgIpc) is 3.00. The van der Waals surface area contributed by atoms with Gasteiger partial charge in [-0.1, -0.05) is 28.4 Å². The first-order valence-corrected chi connectivity index (χ1v) is 8.07. The van der Waals surface area contributed by atoms with Crippen LogP contribution in [0.5, 0.6) is 0 Å². The number of benzene rings is 1. The monoisotopic (exact) mass is 355 g/mol. The van der Waals surface area contributed by atoms with Crippen LogP contribution in [0.15, 0.2) is 22.7 Å². The van der Waals surface area contributed by atoms with Gasteiger partial charge in [-0.05, 0) is 43.9 Å². The van der Waals surface area contributed by atoms with Gasteiger partial charge in [-0.2, -0.15) is 4.98 Å². The highest BCUT2D eigenvalue weighted by atomic mass is 35.5. The van der Waals surface area contributed by atoms with Crippen LogP contribution >= 0.6 is 23.2 Å². The summed E-state index contributed by atoms with van der Waals surface area (Å²) in [6.07, 6.45) is 2.18. The third kappa shape index (κ3) is 3.76. The van der Waals surface area contributed by atoms with Crippen molar-refractivity contribution in [2.24, 2.45) is 0 Å². The molecule has 1 saturated carbocycles. The molecule has 0 saturated heterocycles. The minimum absolute atomic E-state index is 0.00112. The molecule has 0 radical (unpaired) electrons. The molecular formula is C15H15Cl2N3O3. The first kappa shape index (κ1) is 16.1. The number of halogens is 2. The van der Waals surface area contributed by atoms with E-state index >= 15 is 0 Å². The predicted molar refractivity (Wildman–Crippen MR) is 85.9 cm³/mol. The van der Waals surface area contributed by atoms with Crippen molar-refractivity contribution in [3.05, 3.63) is 34.1 Å². The minimum Gasteiger partial charge on any atom is -0.465 e. The molecule has 1 aromatic heterocycles. The smallest absolute Gasteiger partial charge is 0.404 e. The Bertz CT molecular complexity index is 712. The van der Waals surface area contributed by atoms with Gasteiger partial charge < -0.3 is 14.9 Å². The van der Waals surface area contributed by atoms with Crippen LogP contribution in [-0.2, 0) is 0 Å². The van der Waals surface area contributed by atoms with Crippen LogP contribution in [0.25, 0.3) is 11.4 Å². The van der Waals surface area contributed by atoms with E-state index in [1.54, 1.807) is 18.2 Å². The maximum atomic E-state index is 10.7. The zero-order valence-electron chi connectivity index (χ0n) is 12.1. The average molecular weight is 356 g/mol. The molecule has 1 heterocycles. The van der Waals surface area contributed by atoms with E-state index < -0.39 is 6.09 Å². The molecule has 6 nitrogen and oxygen atoms in total. The van der Waals surface area contributed by atoms with Crippen LogP contribution in [0.4, 0.5) is 4.79 Å². The molecule has 1 aliphatic rings. The number of rotatable bonds is 3. The van der Waals surface area contributed by atoms with Gasteiger partial charge in [-0.3, -0.25) is 0 Å². The third-order valence-corrected chi connectivity index (χ3v) is 4.76. The molecule has 2 N–H and O–H groups in total. The largest absolute Gasteiger partial charge is 0.465 e. The van der Waals surface area contributed by atoms with Crippen molar-refractivity contribution < 1.29 is 14.4 Å². The van der Waals surface area contributed by atoms with Gasteiger partial charge in [0.1, 0.15) is 0 Å². The maximum absolute atomic E-state index is 10.7. The molecule has 0 aliphatic heterocycles. The second-order valence-corrected chi connectivity index (χ2v) is 6.40. The van der Waals surface area contributed by atoms with Gasteiger partial charge in [0.15, 0.2) is 0 Å². The van der Waals surface area contributed by atoms with Gasteiger partial charge in [-0.15, -0.1) is 0 Å². The molecule has 122 valence electrons. The minimum atomic E-state index is -0.979. The summed E-state index contributed by atoms with van der Waals surface area (Å²) < 4.78 is 5.37. The van der Waals surface area contributed by atoms with Gasteiger partial charge in [0.05, 0.1) is 10.0 Å². The Kier molecular flexibility index (Phi) is 4.73. The zero-order valence-corrected chi connectivity index (χ0v) is 13.6. The zero-order chi connectivity index (χ0) is 16.4. The second kappa shape index (κ2) is 6.76. The fourth-order valence-electron chi connectivity index (χ4n) is 2.81. The van der Waals surface area contributed by atoms with Crippen molar-refractivity contribution in [1.29, 1.82) is 0 Å². The second-order valence-electron chi connectivity index (χ2n) is 5.58. The lowest BCUT2D eigenvalue weighted by atomic mass is 9.86. The Morgan fingerprint density at radius 1 is 1.22 bits per heavy atom. The van der Waals surface area contributed by atoms with Crippen molar-refractivity contribution in [1.82, 2.24) is 15.5 Å². The number of hydrogen-bond donors (Lipinski definition) is 2. The van der Waals surface area contributed by atoms with Crippen LogP contribution in [0, 0.1) is 0 Å². The summed E-state index contributed by atoms with van der Waals surface area (Å²) >= 11 is 11.9. The summed E-state index contributed by atoms with van der Waals surface area (Å²) in [4.78, 5) is 15.1.